The van der Waals surface area contributed by atoms with E-state index in [9.17, 15) is 4.79 Å². The number of aryl methyl sites for hydroxylation is 1. The van der Waals surface area contributed by atoms with Crippen molar-refractivity contribution in [1.29, 1.82) is 0 Å². The van der Waals surface area contributed by atoms with Gasteiger partial charge in [0.25, 0.3) is 5.56 Å². The van der Waals surface area contributed by atoms with Gasteiger partial charge in [0.2, 0.25) is 0 Å². The van der Waals surface area contributed by atoms with Crippen LogP contribution in [-0.4, -0.2) is 36.7 Å². The van der Waals surface area contributed by atoms with Crippen LogP contribution in [-0.2, 0) is 18.6 Å². The molecule has 0 spiro atoms. The van der Waals surface area contributed by atoms with Crippen LogP contribution >= 0.6 is 0 Å². The first kappa shape index (κ1) is 26.4. The number of H-pyrrole nitrogens is 1. The van der Waals surface area contributed by atoms with Crippen LogP contribution in [0.1, 0.15) is 62.0 Å². The van der Waals surface area contributed by atoms with Gasteiger partial charge in [-0.25, -0.2) is 4.68 Å². The van der Waals surface area contributed by atoms with Crippen LogP contribution in [0.5, 0.6) is 5.75 Å². The zero-order valence-electron chi connectivity index (χ0n) is 23.0. The molecule has 9 nitrogen and oxygen atoms in total. The van der Waals surface area contributed by atoms with Crippen molar-refractivity contribution in [3.8, 4) is 5.75 Å². The van der Waals surface area contributed by atoms with Gasteiger partial charge in [0, 0.05) is 12.1 Å². The van der Waals surface area contributed by atoms with E-state index in [0.29, 0.717) is 31.1 Å². The number of ether oxygens (including phenoxy) is 1. The van der Waals surface area contributed by atoms with E-state index in [2.05, 4.69) is 25.4 Å². The second-order valence-electron chi connectivity index (χ2n) is 10.7. The van der Waals surface area contributed by atoms with Crippen LogP contribution in [0.4, 0.5) is 0 Å². The van der Waals surface area contributed by atoms with E-state index in [1.807, 2.05) is 95.3 Å². The Morgan fingerprint density at radius 3 is 2.56 bits per heavy atom. The molecule has 2 aromatic carbocycles. The minimum absolute atomic E-state index is 0.179. The molecule has 0 aliphatic heterocycles. The van der Waals surface area contributed by atoms with Crippen molar-refractivity contribution in [2.75, 3.05) is 6.61 Å². The van der Waals surface area contributed by atoms with Crippen molar-refractivity contribution in [2.45, 2.75) is 59.3 Å². The number of pyridine rings is 1. The van der Waals surface area contributed by atoms with E-state index >= 15 is 0 Å². The first-order valence-corrected chi connectivity index (χ1v) is 13.1. The van der Waals surface area contributed by atoms with Gasteiger partial charge in [-0.15, -0.1) is 5.10 Å². The number of hydrogen-bond donors (Lipinski definition) is 1. The van der Waals surface area contributed by atoms with Gasteiger partial charge in [0.1, 0.15) is 17.6 Å². The molecule has 0 aliphatic rings. The zero-order valence-corrected chi connectivity index (χ0v) is 23.0. The fourth-order valence-corrected chi connectivity index (χ4v) is 4.88. The SMILES string of the molecule is CCOc1ccc(CN(Cc2ccco2)[C@H](c2cc3cccc(C)c3[nH]c2=O)c2nnnn2C(C)(C)C)cc1. The monoisotopic (exact) mass is 526 g/mol. The molecule has 202 valence electrons. The van der Waals surface area contributed by atoms with Crippen molar-refractivity contribution < 1.29 is 9.15 Å². The summed E-state index contributed by atoms with van der Waals surface area (Å²) in [6, 6.07) is 19.2. The number of hydrogen-bond acceptors (Lipinski definition) is 7. The number of tetrazole rings is 1. The standard InChI is InChI=1S/C30H34N6O3/c1-6-38-23-14-12-21(13-15-23)18-35(19-24-11-8-16-39-24)27(28-32-33-34-36(28)30(3,4)5)25-17-22-10-7-9-20(2)26(22)31-29(25)37/h7-17,27H,6,18-19H2,1-5H3,(H,31,37)/t27-/m1/s1. The summed E-state index contributed by atoms with van der Waals surface area (Å²) in [5.74, 6) is 2.17. The molecule has 0 amide bonds. The molecule has 0 fully saturated rings. The van der Waals surface area contributed by atoms with E-state index < -0.39 is 11.6 Å². The third kappa shape index (κ3) is 5.63. The summed E-state index contributed by atoms with van der Waals surface area (Å²) in [5.41, 5.74) is 2.86. The third-order valence-electron chi connectivity index (χ3n) is 6.71. The Kier molecular flexibility index (Phi) is 7.34. The lowest BCUT2D eigenvalue weighted by molar-refractivity contribution is 0.171. The molecule has 0 radical (unpaired) electrons. The number of aromatic nitrogens is 5. The molecule has 39 heavy (non-hydrogen) atoms. The summed E-state index contributed by atoms with van der Waals surface area (Å²) in [6.07, 6.45) is 1.66. The summed E-state index contributed by atoms with van der Waals surface area (Å²) in [6.45, 7) is 11.6. The minimum Gasteiger partial charge on any atom is -0.494 e. The van der Waals surface area contributed by atoms with E-state index in [-0.39, 0.29) is 5.56 Å². The number of fused-ring (bicyclic) bond motifs is 1. The Morgan fingerprint density at radius 2 is 1.87 bits per heavy atom. The van der Waals surface area contributed by atoms with Crippen LogP contribution in [0.3, 0.4) is 0 Å². The number of benzene rings is 2. The lowest BCUT2D eigenvalue weighted by Gasteiger charge is -2.32. The lowest BCUT2D eigenvalue weighted by Crippen LogP contribution is -2.37. The molecular weight excluding hydrogens is 492 g/mol. The normalized spacial score (nSPS) is 12.8. The minimum atomic E-state index is -0.565. The number of rotatable bonds is 9. The third-order valence-corrected chi connectivity index (χ3v) is 6.71. The topological polar surface area (TPSA) is 102 Å². The Labute approximate surface area is 227 Å². The van der Waals surface area contributed by atoms with Gasteiger partial charge in [-0.2, -0.15) is 0 Å². The van der Waals surface area contributed by atoms with Crippen molar-refractivity contribution in [1.82, 2.24) is 30.1 Å². The van der Waals surface area contributed by atoms with Crippen molar-refractivity contribution in [2.24, 2.45) is 0 Å². The van der Waals surface area contributed by atoms with Crippen LogP contribution < -0.4 is 10.3 Å². The average molecular weight is 527 g/mol. The lowest BCUT2D eigenvalue weighted by atomic mass is 10.00. The number of nitrogens with one attached hydrogen (secondary N) is 1. The number of furan rings is 1. The summed E-state index contributed by atoms with van der Waals surface area (Å²) in [5, 5.41) is 13.8. The molecule has 0 bridgehead atoms. The van der Waals surface area contributed by atoms with E-state index in [1.165, 1.54) is 0 Å². The summed E-state index contributed by atoms with van der Waals surface area (Å²) >= 11 is 0. The Morgan fingerprint density at radius 1 is 1.08 bits per heavy atom. The van der Waals surface area contributed by atoms with Crippen molar-refractivity contribution >= 4 is 10.9 Å². The first-order valence-electron chi connectivity index (χ1n) is 13.1. The Balaban J connectivity index is 1.69. The fourth-order valence-electron chi connectivity index (χ4n) is 4.88. The zero-order chi connectivity index (χ0) is 27.6. The van der Waals surface area contributed by atoms with E-state index in [1.54, 1.807) is 10.9 Å². The van der Waals surface area contributed by atoms with Gasteiger partial charge in [-0.3, -0.25) is 9.69 Å². The van der Waals surface area contributed by atoms with E-state index in [4.69, 9.17) is 9.15 Å². The molecule has 3 heterocycles. The maximum atomic E-state index is 13.8. The first-order chi connectivity index (χ1) is 18.7. The van der Waals surface area contributed by atoms with E-state index in [0.717, 1.165) is 33.5 Å². The van der Waals surface area contributed by atoms with Gasteiger partial charge in [0.05, 0.1) is 30.5 Å². The second kappa shape index (κ2) is 10.9. The van der Waals surface area contributed by atoms with Crippen LogP contribution in [0.2, 0.25) is 0 Å². The molecule has 1 atom stereocenters. The molecule has 5 rings (SSSR count). The average Bonchev–Trinajstić information content (AvgIpc) is 3.59. The molecule has 0 unspecified atom stereocenters. The maximum Gasteiger partial charge on any atom is 0.253 e. The molecule has 5 aromatic rings. The highest BCUT2D eigenvalue weighted by Gasteiger charge is 2.34. The highest BCUT2D eigenvalue weighted by molar-refractivity contribution is 5.82. The number of nitrogens with zero attached hydrogens (tertiary/aromatic N) is 5. The van der Waals surface area contributed by atoms with Gasteiger partial charge in [-0.1, -0.05) is 30.3 Å². The summed E-state index contributed by atoms with van der Waals surface area (Å²) in [4.78, 5) is 19.1. The molecular formula is C30H34N6O3. The van der Waals surface area contributed by atoms with Gasteiger partial charge < -0.3 is 14.1 Å². The van der Waals surface area contributed by atoms with Crippen LogP contribution in [0, 0.1) is 6.92 Å². The van der Waals surface area contributed by atoms with Crippen molar-refractivity contribution in [3.05, 3.63) is 106 Å². The van der Waals surface area contributed by atoms with Gasteiger partial charge in [-0.05, 0) is 91.9 Å². The predicted octanol–water partition coefficient (Wildman–Crippen LogP) is 5.36. The number of aromatic amines is 1. The fraction of sp³-hybridized carbons (Fsp3) is 0.333. The molecule has 1 N–H and O–H groups in total. The highest BCUT2D eigenvalue weighted by Crippen LogP contribution is 2.32. The quantitative estimate of drug-likeness (QED) is 0.276. The van der Waals surface area contributed by atoms with Gasteiger partial charge in [0.15, 0.2) is 5.82 Å². The summed E-state index contributed by atoms with van der Waals surface area (Å²) < 4.78 is 13.2. The summed E-state index contributed by atoms with van der Waals surface area (Å²) in [7, 11) is 0. The molecule has 9 heteroatoms. The molecule has 0 saturated heterocycles. The van der Waals surface area contributed by atoms with Crippen LogP contribution in [0.15, 0.2) is 76.1 Å². The smallest absolute Gasteiger partial charge is 0.253 e. The van der Waals surface area contributed by atoms with Crippen molar-refractivity contribution in [3.63, 3.8) is 0 Å². The molecule has 0 aliphatic carbocycles. The number of para-hydroxylation sites is 1. The largest absolute Gasteiger partial charge is 0.494 e. The predicted molar refractivity (Wildman–Crippen MR) is 150 cm³/mol. The molecule has 3 aromatic heterocycles. The molecule has 0 saturated carbocycles. The second-order valence-corrected chi connectivity index (χ2v) is 10.7. The highest BCUT2D eigenvalue weighted by atomic mass is 16.5. The Hall–Kier alpha value is -4.24. The Bertz CT molecular complexity index is 1600. The maximum absolute atomic E-state index is 13.8. The van der Waals surface area contributed by atoms with Crippen LogP contribution in [0.25, 0.3) is 10.9 Å². The van der Waals surface area contributed by atoms with Gasteiger partial charge >= 0.3 is 0 Å².